The number of carbonyl (C=O) groups is 1. The molecule has 4 rings (SSSR count). The number of halogens is 1. The van der Waals surface area contributed by atoms with Crippen molar-refractivity contribution < 1.29 is 13.9 Å². The van der Waals surface area contributed by atoms with Gasteiger partial charge in [0.1, 0.15) is 11.2 Å². The van der Waals surface area contributed by atoms with Crippen LogP contribution in [0.3, 0.4) is 0 Å². The summed E-state index contributed by atoms with van der Waals surface area (Å²) in [4.78, 5) is 31.0. The minimum atomic E-state index is -0.564. The zero-order chi connectivity index (χ0) is 20.4. The molecular weight excluding hydrogens is 377 g/mol. The predicted molar refractivity (Wildman–Crippen MR) is 105 cm³/mol. The lowest BCUT2D eigenvalue weighted by Gasteiger charge is -2.09. The molecule has 0 saturated carbocycles. The Balaban J connectivity index is 1.66. The first-order valence-corrected chi connectivity index (χ1v) is 8.71. The molecule has 2 aromatic heterocycles. The highest BCUT2D eigenvalue weighted by atomic mass is 19.1. The zero-order valence-corrected chi connectivity index (χ0v) is 15.3. The summed E-state index contributed by atoms with van der Waals surface area (Å²) in [5, 5.41) is 7.45. The highest BCUT2D eigenvalue weighted by Gasteiger charge is 2.13. The van der Waals surface area contributed by atoms with Crippen LogP contribution in [0.1, 0.15) is 15.9 Å². The molecule has 0 unspecified atom stereocenters. The fourth-order valence-corrected chi connectivity index (χ4v) is 2.89. The normalized spacial score (nSPS) is 10.8. The van der Waals surface area contributed by atoms with E-state index >= 15 is 0 Å². The van der Waals surface area contributed by atoms with Crippen molar-refractivity contribution in [2.24, 2.45) is 0 Å². The summed E-state index contributed by atoms with van der Waals surface area (Å²) in [7, 11) is 1.25. The third-order valence-corrected chi connectivity index (χ3v) is 4.35. The molecule has 0 fully saturated rings. The average Bonchev–Trinajstić information content (AvgIpc) is 3.18. The van der Waals surface area contributed by atoms with Gasteiger partial charge in [-0.05, 0) is 30.3 Å². The lowest BCUT2D eigenvalue weighted by molar-refractivity contribution is 0.0600. The quantitative estimate of drug-likeness (QED) is 0.506. The molecule has 2 N–H and O–H groups in total. The van der Waals surface area contributed by atoms with Crippen LogP contribution >= 0.6 is 0 Å². The van der Waals surface area contributed by atoms with Crippen LogP contribution in [0.5, 0.6) is 0 Å². The molecule has 8 nitrogen and oxygen atoms in total. The largest absolute Gasteiger partial charge is 0.465 e. The van der Waals surface area contributed by atoms with Gasteiger partial charge in [-0.1, -0.05) is 18.2 Å². The summed E-state index contributed by atoms with van der Waals surface area (Å²) in [6, 6.07) is 13.2. The number of ether oxygens (including phenoxy) is 1. The Morgan fingerprint density at radius 1 is 1.24 bits per heavy atom. The molecule has 0 saturated heterocycles. The van der Waals surface area contributed by atoms with E-state index in [1.165, 1.54) is 31.5 Å². The second-order valence-corrected chi connectivity index (χ2v) is 6.20. The third-order valence-electron chi connectivity index (χ3n) is 4.35. The Labute approximate surface area is 164 Å². The molecular formula is C20H16FN5O3. The average molecular weight is 393 g/mol. The molecule has 29 heavy (non-hydrogen) atoms. The van der Waals surface area contributed by atoms with Crippen molar-refractivity contribution in [1.82, 2.24) is 19.7 Å². The van der Waals surface area contributed by atoms with Crippen molar-refractivity contribution in [3.63, 3.8) is 0 Å². The van der Waals surface area contributed by atoms with Gasteiger partial charge in [-0.3, -0.25) is 9.78 Å². The fourth-order valence-electron chi connectivity index (χ4n) is 2.89. The van der Waals surface area contributed by atoms with E-state index in [9.17, 15) is 14.0 Å². The number of hydrogen-bond donors (Lipinski definition) is 2. The molecule has 0 aliphatic heterocycles. The van der Waals surface area contributed by atoms with E-state index in [1.807, 2.05) is 30.3 Å². The predicted octanol–water partition coefficient (Wildman–Crippen LogP) is 2.65. The van der Waals surface area contributed by atoms with Gasteiger partial charge in [-0.25, -0.2) is 13.9 Å². The van der Waals surface area contributed by atoms with Gasteiger partial charge in [-0.2, -0.15) is 10.1 Å². The van der Waals surface area contributed by atoms with E-state index in [1.54, 1.807) is 4.68 Å². The molecule has 2 aromatic carbocycles. The van der Waals surface area contributed by atoms with Crippen molar-refractivity contribution in [1.29, 1.82) is 0 Å². The second kappa shape index (κ2) is 7.55. The molecule has 146 valence electrons. The smallest absolute Gasteiger partial charge is 0.337 e. The van der Waals surface area contributed by atoms with E-state index < -0.39 is 11.8 Å². The van der Waals surface area contributed by atoms with Gasteiger partial charge in [0.05, 0.1) is 24.6 Å². The van der Waals surface area contributed by atoms with Crippen LogP contribution in [0.25, 0.3) is 16.7 Å². The van der Waals surface area contributed by atoms with E-state index in [-0.39, 0.29) is 29.2 Å². The standard InChI is InChI=1S/C20H16FN5O3/c1-29-19(28)12-7-8-16(21)13(9-12)10-22-20-24-17-15(18(27)25-20)11-23-26(17)14-5-3-2-4-6-14/h2-9,11H,10H2,1H3,(H2,22,24,25,27). The number of benzene rings is 2. The topological polar surface area (TPSA) is 102 Å². The number of fused-ring (bicyclic) bond motifs is 1. The number of methoxy groups -OCH3 is 1. The first-order chi connectivity index (χ1) is 14.1. The van der Waals surface area contributed by atoms with Gasteiger partial charge in [0.2, 0.25) is 5.95 Å². The summed E-state index contributed by atoms with van der Waals surface area (Å²) in [6.07, 6.45) is 1.44. The Bertz CT molecular complexity index is 1250. The summed E-state index contributed by atoms with van der Waals surface area (Å²) < 4.78 is 20.3. The molecule has 0 aliphatic carbocycles. The molecule has 0 radical (unpaired) electrons. The van der Waals surface area contributed by atoms with Crippen molar-refractivity contribution in [3.05, 3.63) is 82.0 Å². The fraction of sp³-hybridized carbons (Fsp3) is 0.100. The second-order valence-electron chi connectivity index (χ2n) is 6.20. The molecule has 0 spiro atoms. The van der Waals surface area contributed by atoms with Crippen molar-refractivity contribution in [3.8, 4) is 5.69 Å². The molecule has 0 atom stereocenters. The van der Waals surface area contributed by atoms with E-state index in [0.29, 0.717) is 11.0 Å². The number of anilines is 1. The molecule has 2 heterocycles. The summed E-state index contributed by atoms with van der Waals surface area (Å²) in [6.45, 7) is 0.00455. The maximum Gasteiger partial charge on any atom is 0.337 e. The van der Waals surface area contributed by atoms with Gasteiger partial charge in [0.15, 0.2) is 5.65 Å². The Morgan fingerprint density at radius 3 is 2.79 bits per heavy atom. The SMILES string of the molecule is COC(=O)c1ccc(F)c(CNc2nc3c(cnn3-c3ccccc3)c(=O)[nH]2)c1. The lowest BCUT2D eigenvalue weighted by atomic mass is 10.1. The highest BCUT2D eigenvalue weighted by molar-refractivity contribution is 5.89. The van der Waals surface area contributed by atoms with Crippen LogP contribution in [-0.2, 0) is 11.3 Å². The number of rotatable bonds is 5. The number of H-pyrrole nitrogens is 1. The molecule has 0 bridgehead atoms. The number of esters is 1. The summed E-state index contributed by atoms with van der Waals surface area (Å²) >= 11 is 0. The van der Waals surface area contributed by atoms with Crippen molar-refractivity contribution >= 4 is 23.0 Å². The number of aromatic amines is 1. The van der Waals surface area contributed by atoms with Crippen molar-refractivity contribution in [2.75, 3.05) is 12.4 Å². The number of para-hydroxylation sites is 1. The Kier molecular flexibility index (Phi) is 4.78. The van der Waals surface area contributed by atoms with Gasteiger partial charge in [0.25, 0.3) is 5.56 Å². The first kappa shape index (κ1) is 18.4. The summed E-state index contributed by atoms with van der Waals surface area (Å²) in [5.74, 6) is -0.906. The van der Waals surface area contributed by atoms with Gasteiger partial charge >= 0.3 is 5.97 Å². The number of nitrogens with one attached hydrogen (secondary N) is 2. The molecule has 0 amide bonds. The maximum atomic E-state index is 14.1. The van der Waals surface area contributed by atoms with Crippen LogP contribution in [0.2, 0.25) is 0 Å². The van der Waals surface area contributed by atoms with Crippen LogP contribution in [0, 0.1) is 5.82 Å². The van der Waals surface area contributed by atoms with Gasteiger partial charge < -0.3 is 10.1 Å². The minimum absolute atomic E-state index is 0.00455. The summed E-state index contributed by atoms with van der Waals surface area (Å²) in [5.41, 5.74) is 1.20. The lowest BCUT2D eigenvalue weighted by Crippen LogP contribution is -2.14. The van der Waals surface area contributed by atoms with Gasteiger partial charge in [0, 0.05) is 12.1 Å². The maximum absolute atomic E-state index is 14.1. The Morgan fingerprint density at radius 2 is 2.03 bits per heavy atom. The first-order valence-electron chi connectivity index (χ1n) is 8.71. The van der Waals surface area contributed by atoms with Crippen LogP contribution < -0.4 is 10.9 Å². The van der Waals surface area contributed by atoms with Gasteiger partial charge in [-0.15, -0.1) is 0 Å². The Hall–Kier alpha value is -4.01. The number of carbonyl (C=O) groups excluding carboxylic acids is 1. The highest BCUT2D eigenvalue weighted by Crippen LogP contribution is 2.16. The molecule has 4 aromatic rings. The van der Waals surface area contributed by atoms with E-state index in [4.69, 9.17) is 0 Å². The van der Waals surface area contributed by atoms with Crippen LogP contribution in [0.4, 0.5) is 10.3 Å². The molecule has 9 heteroatoms. The van der Waals surface area contributed by atoms with E-state index in [0.717, 1.165) is 5.69 Å². The van der Waals surface area contributed by atoms with E-state index in [2.05, 4.69) is 25.1 Å². The number of aromatic nitrogens is 4. The monoisotopic (exact) mass is 393 g/mol. The number of hydrogen-bond acceptors (Lipinski definition) is 6. The van der Waals surface area contributed by atoms with Crippen LogP contribution in [0.15, 0.2) is 59.5 Å². The van der Waals surface area contributed by atoms with Crippen LogP contribution in [-0.4, -0.2) is 32.8 Å². The molecule has 0 aliphatic rings. The zero-order valence-electron chi connectivity index (χ0n) is 15.3. The van der Waals surface area contributed by atoms with Crippen molar-refractivity contribution in [2.45, 2.75) is 6.54 Å². The minimum Gasteiger partial charge on any atom is -0.465 e. The number of nitrogens with zero attached hydrogens (tertiary/aromatic N) is 3. The third kappa shape index (κ3) is 3.57.